The fourth-order valence-corrected chi connectivity index (χ4v) is 5.16. The minimum absolute atomic E-state index is 0.0606. The van der Waals surface area contributed by atoms with E-state index in [1.54, 1.807) is 29.7 Å². The summed E-state index contributed by atoms with van der Waals surface area (Å²) in [6.07, 6.45) is 0. The molecule has 0 aliphatic heterocycles. The van der Waals surface area contributed by atoms with Crippen LogP contribution in [0.4, 0.5) is 5.69 Å². The number of hydrogen-bond acceptors (Lipinski definition) is 6. The van der Waals surface area contributed by atoms with E-state index in [1.165, 1.54) is 11.8 Å². The number of methoxy groups -OCH3 is 1. The van der Waals surface area contributed by atoms with Crippen LogP contribution in [0, 0.1) is 0 Å². The molecule has 0 radical (unpaired) electrons. The second kappa shape index (κ2) is 9.87. The first kappa shape index (κ1) is 23.6. The van der Waals surface area contributed by atoms with E-state index in [1.807, 2.05) is 84.1 Å². The highest BCUT2D eigenvalue weighted by molar-refractivity contribution is 8.00. The molecule has 5 rings (SSSR count). The van der Waals surface area contributed by atoms with Crippen molar-refractivity contribution in [3.63, 3.8) is 0 Å². The molecule has 1 atom stereocenters. The van der Waals surface area contributed by atoms with Crippen LogP contribution in [0.3, 0.4) is 0 Å². The molecule has 2 heterocycles. The zero-order valence-electron chi connectivity index (χ0n) is 20.2. The van der Waals surface area contributed by atoms with E-state index in [4.69, 9.17) is 4.74 Å². The molecular formula is C27H25N5O3S. The van der Waals surface area contributed by atoms with Gasteiger partial charge in [-0.2, -0.15) is 0 Å². The molecule has 5 aromatic rings. The number of anilines is 1. The van der Waals surface area contributed by atoms with Crippen LogP contribution in [0.15, 0.2) is 88.8 Å². The van der Waals surface area contributed by atoms with Crippen molar-refractivity contribution in [1.82, 2.24) is 19.2 Å². The molecule has 1 unspecified atom stereocenters. The Morgan fingerprint density at radius 1 is 1.00 bits per heavy atom. The van der Waals surface area contributed by atoms with Crippen LogP contribution in [-0.4, -0.2) is 44.5 Å². The molecule has 8 nitrogen and oxygen atoms in total. The molecule has 0 aliphatic rings. The number of fused-ring (bicyclic) bond motifs is 3. The average molecular weight is 500 g/mol. The number of thioether (sulfide) groups is 1. The van der Waals surface area contributed by atoms with Gasteiger partial charge in [0.15, 0.2) is 5.16 Å². The molecule has 0 saturated heterocycles. The van der Waals surface area contributed by atoms with Gasteiger partial charge in [-0.15, -0.1) is 10.2 Å². The summed E-state index contributed by atoms with van der Waals surface area (Å²) in [6, 6.07) is 24.4. The van der Waals surface area contributed by atoms with E-state index < -0.39 is 5.25 Å². The van der Waals surface area contributed by atoms with Gasteiger partial charge in [-0.25, -0.2) is 0 Å². The number of nitrogens with zero attached hydrogens (tertiary/aromatic N) is 5. The molecule has 36 heavy (non-hydrogen) atoms. The number of para-hydroxylation sites is 3. The SMILES string of the molecule is COc1ccccc1Cn1c(=O)c2ccccc2n2c(SC(C)C(=O)N(C)c3ccccc3)nnc12. The summed E-state index contributed by atoms with van der Waals surface area (Å²) >= 11 is 1.31. The Labute approximate surface area is 212 Å². The van der Waals surface area contributed by atoms with Crippen LogP contribution in [0.1, 0.15) is 12.5 Å². The van der Waals surface area contributed by atoms with Crippen molar-refractivity contribution in [2.75, 3.05) is 19.1 Å². The molecule has 0 saturated carbocycles. The largest absolute Gasteiger partial charge is 0.496 e. The summed E-state index contributed by atoms with van der Waals surface area (Å²) in [5.74, 6) is 1.03. The fraction of sp³-hybridized carbons (Fsp3) is 0.185. The second-order valence-corrected chi connectivity index (χ2v) is 9.64. The zero-order valence-corrected chi connectivity index (χ0v) is 21.0. The van der Waals surface area contributed by atoms with Crippen LogP contribution in [0.5, 0.6) is 5.75 Å². The number of rotatable bonds is 7. The molecule has 0 bridgehead atoms. The Balaban J connectivity index is 1.58. The van der Waals surface area contributed by atoms with Gasteiger partial charge in [0.2, 0.25) is 11.7 Å². The molecular weight excluding hydrogens is 474 g/mol. The van der Waals surface area contributed by atoms with Gasteiger partial charge >= 0.3 is 0 Å². The molecule has 0 N–H and O–H groups in total. The second-order valence-electron chi connectivity index (χ2n) is 8.33. The van der Waals surface area contributed by atoms with Gasteiger partial charge in [0.05, 0.1) is 29.8 Å². The van der Waals surface area contributed by atoms with Crippen molar-refractivity contribution in [3.8, 4) is 5.75 Å². The summed E-state index contributed by atoms with van der Waals surface area (Å²) in [6.45, 7) is 2.12. The van der Waals surface area contributed by atoms with Gasteiger partial charge in [0.25, 0.3) is 5.56 Å². The van der Waals surface area contributed by atoms with Crippen molar-refractivity contribution < 1.29 is 9.53 Å². The third-order valence-corrected chi connectivity index (χ3v) is 7.13. The fourth-order valence-electron chi connectivity index (χ4n) is 4.22. The van der Waals surface area contributed by atoms with Crippen LogP contribution in [0.2, 0.25) is 0 Å². The third kappa shape index (κ3) is 4.22. The highest BCUT2D eigenvalue weighted by atomic mass is 32.2. The first-order chi connectivity index (χ1) is 17.5. The summed E-state index contributed by atoms with van der Waals surface area (Å²) in [4.78, 5) is 28.3. The Morgan fingerprint density at radius 2 is 1.69 bits per heavy atom. The predicted octanol–water partition coefficient (Wildman–Crippen LogP) is 4.24. The van der Waals surface area contributed by atoms with Gasteiger partial charge in [-0.3, -0.25) is 18.6 Å². The maximum atomic E-state index is 13.5. The van der Waals surface area contributed by atoms with Gasteiger partial charge in [-0.1, -0.05) is 60.3 Å². The highest BCUT2D eigenvalue weighted by Gasteiger charge is 2.24. The first-order valence-corrected chi connectivity index (χ1v) is 12.4. The van der Waals surface area contributed by atoms with E-state index in [0.29, 0.717) is 27.6 Å². The quantitative estimate of drug-likeness (QED) is 0.312. The standard InChI is InChI=1S/C27H25N5O3S/c1-18(24(33)30(2)20-12-5-4-6-13-20)36-27-29-28-26-31(17-19-11-7-10-16-23(19)35-3)25(34)21-14-8-9-15-22(21)32(26)27/h4-16,18H,17H2,1-3H3. The Bertz CT molecular complexity index is 1610. The molecule has 9 heteroatoms. The highest BCUT2D eigenvalue weighted by Crippen LogP contribution is 2.28. The number of ether oxygens (including phenoxy) is 1. The number of amides is 1. The van der Waals surface area contributed by atoms with Gasteiger partial charge in [0, 0.05) is 18.3 Å². The Hall–Kier alpha value is -4.11. The number of carbonyl (C=O) groups excluding carboxylic acids is 1. The molecule has 0 fully saturated rings. The minimum atomic E-state index is -0.434. The summed E-state index contributed by atoms with van der Waals surface area (Å²) in [5.41, 5.74) is 2.19. The molecule has 0 aliphatic carbocycles. The van der Waals surface area contributed by atoms with E-state index in [2.05, 4.69) is 10.2 Å². The smallest absolute Gasteiger partial charge is 0.263 e. The Morgan fingerprint density at radius 3 is 2.47 bits per heavy atom. The first-order valence-electron chi connectivity index (χ1n) is 11.5. The van der Waals surface area contributed by atoms with Crippen LogP contribution in [0.25, 0.3) is 16.7 Å². The van der Waals surface area contributed by atoms with Crippen molar-refractivity contribution in [2.45, 2.75) is 23.9 Å². The van der Waals surface area contributed by atoms with Gasteiger partial charge < -0.3 is 9.64 Å². The zero-order chi connectivity index (χ0) is 25.2. The summed E-state index contributed by atoms with van der Waals surface area (Å²) < 4.78 is 8.94. The van der Waals surface area contributed by atoms with E-state index in [0.717, 1.165) is 11.3 Å². The normalized spacial score (nSPS) is 12.1. The monoisotopic (exact) mass is 499 g/mol. The predicted molar refractivity (Wildman–Crippen MR) is 142 cm³/mol. The maximum Gasteiger partial charge on any atom is 0.263 e. The molecule has 3 aromatic carbocycles. The van der Waals surface area contributed by atoms with Crippen molar-refractivity contribution in [1.29, 1.82) is 0 Å². The third-order valence-electron chi connectivity index (χ3n) is 6.10. The van der Waals surface area contributed by atoms with E-state index in [-0.39, 0.29) is 18.0 Å². The lowest BCUT2D eigenvalue weighted by atomic mass is 10.2. The lowest BCUT2D eigenvalue weighted by molar-refractivity contribution is -0.117. The molecule has 182 valence electrons. The summed E-state index contributed by atoms with van der Waals surface area (Å²) in [5, 5.41) is 9.43. The van der Waals surface area contributed by atoms with Crippen molar-refractivity contribution >= 4 is 40.0 Å². The number of aromatic nitrogens is 4. The summed E-state index contributed by atoms with van der Waals surface area (Å²) in [7, 11) is 3.37. The van der Waals surface area contributed by atoms with Crippen LogP contribution >= 0.6 is 11.8 Å². The molecule has 0 spiro atoms. The number of benzene rings is 3. The van der Waals surface area contributed by atoms with Gasteiger partial charge in [-0.05, 0) is 37.3 Å². The molecule has 2 aromatic heterocycles. The maximum absolute atomic E-state index is 13.5. The lowest BCUT2D eigenvalue weighted by Crippen LogP contribution is -2.33. The topological polar surface area (TPSA) is 81.7 Å². The van der Waals surface area contributed by atoms with Crippen molar-refractivity contribution in [2.24, 2.45) is 0 Å². The lowest BCUT2D eigenvalue weighted by Gasteiger charge is -2.21. The van der Waals surface area contributed by atoms with Crippen LogP contribution < -0.4 is 15.2 Å². The van der Waals surface area contributed by atoms with Crippen LogP contribution in [-0.2, 0) is 11.3 Å². The average Bonchev–Trinajstić information content (AvgIpc) is 3.34. The number of hydrogen-bond donors (Lipinski definition) is 0. The van der Waals surface area contributed by atoms with Gasteiger partial charge in [0.1, 0.15) is 5.75 Å². The molecule has 1 amide bonds. The van der Waals surface area contributed by atoms with E-state index in [9.17, 15) is 9.59 Å². The Kier molecular flexibility index (Phi) is 6.47. The number of carbonyl (C=O) groups is 1. The van der Waals surface area contributed by atoms with E-state index >= 15 is 0 Å². The minimum Gasteiger partial charge on any atom is -0.496 e. The van der Waals surface area contributed by atoms with Crippen molar-refractivity contribution in [3.05, 3.63) is 94.8 Å².